The van der Waals surface area contributed by atoms with Gasteiger partial charge in [-0.05, 0) is 47.2 Å². The van der Waals surface area contributed by atoms with Crippen molar-refractivity contribution < 1.29 is 4.79 Å². The van der Waals surface area contributed by atoms with Crippen LogP contribution in [-0.2, 0) is 4.79 Å². The fourth-order valence-electron chi connectivity index (χ4n) is 5.13. The zero-order valence-corrected chi connectivity index (χ0v) is 16.8. The van der Waals surface area contributed by atoms with E-state index >= 15 is 0 Å². The maximum atomic E-state index is 11.8. The van der Waals surface area contributed by atoms with Crippen LogP contribution in [0, 0.1) is 0 Å². The van der Waals surface area contributed by atoms with E-state index in [1.807, 2.05) is 0 Å². The second-order valence-corrected chi connectivity index (χ2v) is 8.18. The van der Waals surface area contributed by atoms with Crippen LogP contribution in [0.2, 0.25) is 0 Å². The fraction of sp³-hybridized carbons (Fsp3) is 0.269. The molecule has 0 spiro atoms. The van der Waals surface area contributed by atoms with Crippen LogP contribution in [0.15, 0.2) is 72.8 Å². The summed E-state index contributed by atoms with van der Waals surface area (Å²) in [6.45, 7) is 3.75. The molecule has 0 unspecified atom stereocenters. The number of nitrogens with one attached hydrogen (secondary N) is 1. The molecular formula is C26H26N2O. The first kappa shape index (κ1) is 18.0. The Morgan fingerprint density at radius 3 is 1.76 bits per heavy atom. The summed E-state index contributed by atoms with van der Waals surface area (Å²) in [5.41, 5.74) is 7.72. The number of amides is 1. The number of anilines is 2. The van der Waals surface area contributed by atoms with Gasteiger partial charge in [-0.15, -0.1) is 0 Å². The topological polar surface area (TPSA) is 32.3 Å². The molecule has 0 fully saturated rings. The molecule has 3 nitrogen and oxygen atoms in total. The molecule has 2 heterocycles. The van der Waals surface area contributed by atoms with Gasteiger partial charge in [0.05, 0.1) is 0 Å². The minimum Gasteiger partial charge on any atom is -0.371 e. The largest absolute Gasteiger partial charge is 0.371 e. The first-order valence-corrected chi connectivity index (χ1v) is 10.5. The highest BCUT2D eigenvalue weighted by Crippen LogP contribution is 2.49. The third kappa shape index (κ3) is 3.31. The summed E-state index contributed by atoms with van der Waals surface area (Å²) in [6, 6.07) is 26.0. The van der Waals surface area contributed by atoms with Crippen molar-refractivity contribution in [1.82, 2.24) is 0 Å². The standard InChI is InChI=1S/C26H26N2O/c1-18(29)27-21-16-24-22(19-8-4-2-5-9-19)12-14-28-15-13-23(25(17-21)26(24)28)20-10-6-3-7-11-20/h2-11,16-17,22-23H,12-15H2,1H3,(H,27,29)/t22-,23-/m0/s1. The van der Waals surface area contributed by atoms with E-state index in [0.29, 0.717) is 11.8 Å². The van der Waals surface area contributed by atoms with Gasteiger partial charge < -0.3 is 10.2 Å². The predicted octanol–water partition coefficient (Wildman–Crippen LogP) is 5.52. The Morgan fingerprint density at radius 2 is 1.31 bits per heavy atom. The first-order chi connectivity index (χ1) is 14.2. The molecule has 0 bridgehead atoms. The van der Waals surface area contributed by atoms with Crippen LogP contribution in [0.3, 0.4) is 0 Å². The van der Waals surface area contributed by atoms with Crippen molar-refractivity contribution in [3.63, 3.8) is 0 Å². The van der Waals surface area contributed by atoms with Gasteiger partial charge in [0.1, 0.15) is 0 Å². The van der Waals surface area contributed by atoms with Crippen molar-refractivity contribution in [2.75, 3.05) is 23.3 Å². The summed E-state index contributed by atoms with van der Waals surface area (Å²) in [6.07, 6.45) is 2.21. The zero-order valence-electron chi connectivity index (χ0n) is 16.8. The Bertz CT molecular complexity index is 957. The van der Waals surface area contributed by atoms with Crippen molar-refractivity contribution >= 4 is 17.3 Å². The van der Waals surface area contributed by atoms with Crippen molar-refractivity contribution in [2.24, 2.45) is 0 Å². The van der Waals surface area contributed by atoms with Gasteiger partial charge >= 0.3 is 0 Å². The lowest BCUT2D eigenvalue weighted by Crippen LogP contribution is -2.37. The average Bonchev–Trinajstić information content (AvgIpc) is 2.75. The van der Waals surface area contributed by atoms with E-state index in [4.69, 9.17) is 0 Å². The summed E-state index contributed by atoms with van der Waals surface area (Å²) in [4.78, 5) is 14.4. The van der Waals surface area contributed by atoms with E-state index in [1.54, 1.807) is 6.92 Å². The molecule has 1 N–H and O–H groups in total. The second-order valence-electron chi connectivity index (χ2n) is 8.18. The van der Waals surface area contributed by atoms with Crippen molar-refractivity contribution in [1.29, 1.82) is 0 Å². The molecule has 3 heteroatoms. The number of hydrogen-bond donors (Lipinski definition) is 1. The number of benzene rings is 3. The quantitative estimate of drug-likeness (QED) is 0.647. The van der Waals surface area contributed by atoms with Crippen LogP contribution >= 0.6 is 0 Å². The van der Waals surface area contributed by atoms with Crippen molar-refractivity contribution in [3.05, 3.63) is 95.1 Å². The molecule has 146 valence electrons. The van der Waals surface area contributed by atoms with E-state index in [0.717, 1.165) is 31.6 Å². The Balaban J connectivity index is 1.69. The molecule has 29 heavy (non-hydrogen) atoms. The first-order valence-electron chi connectivity index (χ1n) is 10.5. The van der Waals surface area contributed by atoms with E-state index in [9.17, 15) is 4.79 Å². The summed E-state index contributed by atoms with van der Waals surface area (Å²) in [5.74, 6) is 0.710. The third-order valence-electron chi connectivity index (χ3n) is 6.34. The van der Waals surface area contributed by atoms with Gasteiger partial charge in [0, 0.05) is 43.2 Å². The summed E-state index contributed by atoms with van der Waals surface area (Å²) < 4.78 is 0. The minimum atomic E-state index is -0.0202. The Morgan fingerprint density at radius 1 is 0.828 bits per heavy atom. The Labute approximate surface area is 172 Å². The van der Waals surface area contributed by atoms with Crippen LogP contribution < -0.4 is 10.2 Å². The summed E-state index contributed by atoms with van der Waals surface area (Å²) >= 11 is 0. The number of carbonyl (C=O) groups is 1. The van der Waals surface area contributed by atoms with Gasteiger partial charge in [-0.25, -0.2) is 0 Å². The molecule has 1 amide bonds. The maximum absolute atomic E-state index is 11.8. The van der Waals surface area contributed by atoms with E-state index < -0.39 is 0 Å². The number of hydrogen-bond acceptors (Lipinski definition) is 2. The van der Waals surface area contributed by atoms with Crippen LogP contribution in [0.5, 0.6) is 0 Å². The molecule has 2 aliphatic rings. The third-order valence-corrected chi connectivity index (χ3v) is 6.34. The Kier molecular flexibility index (Phi) is 4.59. The van der Waals surface area contributed by atoms with Crippen molar-refractivity contribution in [3.8, 4) is 0 Å². The van der Waals surface area contributed by atoms with Crippen molar-refractivity contribution in [2.45, 2.75) is 31.6 Å². The lowest BCUT2D eigenvalue weighted by Gasteiger charge is -2.43. The molecule has 3 aromatic carbocycles. The molecule has 5 rings (SSSR count). The molecule has 0 radical (unpaired) electrons. The van der Waals surface area contributed by atoms with Crippen LogP contribution in [-0.4, -0.2) is 19.0 Å². The molecular weight excluding hydrogens is 356 g/mol. The van der Waals surface area contributed by atoms with E-state index in [-0.39, 0.29) is 5.91 Å². The SMILES string of the molecule is CC(=O)Nc1cc2c3c(c1)[C@H](c1ccccc1)CCN3CC[C@H]2c1ccccc1. The molecule has 0 aromatic heterocycles. The smallest absolute Gasteiger partial charge is 0.221 e. The summed E-state index contributed by atoms with van der Waals surface area (Å²) in [5, 5.41) is 3.06. The van der Waals surface area contributed by atoms with Crippen LogP contribution in [0.4, 0.5) is 11.4 Å². The van der Waals surface area contributed by atoms with Crippen LogP contribution in [0.25, 0.3) is 0 Å². The summed E-state index contributed by atoms with van der Waals surface area (Å²) in [7, 11) is 0. The van der Waals surface area contributed by atoms with E-state index in [1.165, 1.54) is 27.9 Å². The van der Waals surface area contributed by atoms with Gasteiger partial charge in [0.15, 0.2) is 0 Å². The van der Waals surface area contributed by atoms with Gasteiger partial charge in [0.25, 0.3) is 0 Å². The number of carbonyl (C=O) groups excluding carboxylic acids is 1. The van der Waals surface area contributed by atoms with Gasteiger partial charge in [0.2, 0.25) is 5.91 Å². The lowest BCUT2D eigenvalue weighted by molar-refractivity contribution is -0.114. The van der Waals surface area contributed by atoms with E-state index in [2.05, 4.69) is 83.0 Å². The van der Waals surface area contributed by atoms with Gasteiger partial charge in [-0.2, -0.15) is 0 Å². The molecule has 2 atom stereocenters. The minimum absolute atomic E-state index is 0.0202. The molecule has 2 aliphatic heterocycles. The molecule has 0 aliphatic carbocycles. The lowest BCUT2D eigenvalue weighted by atomic mass is 9.76. The second kappa shape index (κ2) is 7.40. The van der Waals surface area contributed by atoms with Crippen LogP contribution in [0.1, 0.15) is 53.9 Å². The Hall–Kier alpha value is -3.07. The average molecular weight is 383 g/mol. The molecule has 0 saturated carbocycles. The normalized spacial score (nSPS) is 20.1. The number of rotatable bonds is 3. The highest BCUT2D eigenvalue weighted by atomic mass is 16.1. The monoisotopic (exact) mass is 382 g/mol. The predicted molar refractivity (Wildman–Crippen MR) is 119 cm³/mol. The number of nitrogens with zero attached hydrogens (tertiary/aromatic N) is 1. The highest BCUT2D eigenvalue weighted by molar-refractivity contribution is 5.90. The van der Waals surface area contributed by atoms with Gasteiger partial charge in [-0.1, -0.05) is 60.7 Å². The van der Waals surface area contributed by atoms with Gasteiger partial charge in [-0.3, -0.25) is 4.79 Å². The highest BCUT2D eigenvalue weighted by Gasteiger charge is 2.35. The fourth-order valence-corrected chi connectivity index (χ4v) is 5.13. The zero-order chi connectivity index (χ0) is 19.8. The molecule has 0 saturated heterocycles. The molecule has 3 aromatic rings. The maximum Gasteiger partial charge on any atom is 0.221 e.